The van der Waals surface area contributed by atoms with Crippen molar-refractivity contribution in [3.63, 3.8) is 0 Å². The predicted molar refractivity (Wildman–Crippen MR) is 83.2 cm³/mol. The largest absolute Gasteiger partial charge is 0.304 e. The van der Waals surface area contributed by atoms with Gasteiger partial charge in [0.1, 0.15) is 5.01 Å². The van der Waals surface area contributed by atoms with Crippen LogP contribution in [0, 0.1) is 0 Å². The molecular weight excluding hydrogens is 299 g/mol. The molecule has 1 aromatic carbocycles. The molecule has 1 atom stereocenters. The van der Waals surface area contributed by atoms with Crippen LogP contribution in [0.15, 0.2) is 24.4 Å². The highest BCUT2D eigenvalue weighted by Crippen LogP contribution is 2.26. The van der Waals surface area contributed by atoms with Crippen molar-refractivity contribution in [3.05, 3.63) is 49.9 Å². The van der Waals surface area contributed by atoms with Gasteiger partial charge in [-0.15, -0.1) is 11.3 Å². The van der Waals surface area contributed by atoms with E-state index in [0.29, 0.717) is 16.6 Å². The summed E-state index contributed by atoms with van der Waals surface area (Å²) in [5, 5.41) is 5.75. The molecule has 2 nitrogen and oxygen atoms in total. The second-order valence-corrected chi connectivity index (χ2v) is 6.27. The monoisotopic (exact) mass is 314 g/mol. The van der Waals surface area contributed by atoms with Crippen molar-refractivity contribution in [2.45, 2.75) is 32.9 Å². The Morgan fingerprint density at radius 1 is 1.37 bits per heavy atom. The Bertz CT molecular complexity index is 554. The normalized spacial score (nSPS) is 12.6. The lowest BCUT2D eigenvalue weighted by Crippen LogP contribution is -2.18. The van der Waals surface area contributed by atoms with Crippen LogP contribution in [0.5, 0.6) is 0 Å². The molecule has 0 spiro atoms. The van der Waals surface area contributed by atoms with Crippen molar-refractivity contribution < 1.29 is 0 Å². The van der Waals surface area contributed by atoms with Gasteiger partial charge in [0.05, 0.1) is 16.1 Å². The number of aromatic nitrogens is 1. The summed E-state index contributed by atoms with van der Waals surface area (Å²) in [4.78, 5) is 5.75. The molecule has 2 aromatic rings. The molecule has 0 aliphatic carbocycles. The highest BCUT2D eigenvalue weighted by molar-refractivity contribution is 7.11. The van der Waals surface area contributed by atoms with Gasteiger partial charge in [0.25, 0.3) is 0 Å². The van der Waals surface area contributed by atoms with Gasteiger partial charge in [-0.05, 0) is 25.0 Å². The number of thiazole rings is 1. The van der Waals surface area contributed by atoms with Crippen LogP contribution >= 0.6 is 34.5 Å². The van der Waals surface area contributed by atoms with E-state index in [0.717, 1.165) is 17.0 Å². The molecule has 0 radical (unpaired) electrons. The first-order valence-electron chi connectivity index (χ1n) is 6.22. The summed E-state index contributed by atoms with van der Waals surface area (Å²) in [5.74, 6) is 0. The van der Waals surface area contributed by atoms with Gasteiger partial charge in [-0.1, -0.05) is 42.3 Å². The van der Waals surface area contributed by atoms with E-state index in [4.69, 9.17) is 23.2 Å². The fraction of sp³-hybridized carbons (Fsp3) is 0.357. The van der Waals surface area contributed by atoms with E-state index >= 15 is 0 Å². The summed E-state index contributed by atoms with van der Waals surface area (Å²) < 4.78 is 0. The molecule has 0 aliphatic rings. The van der Waals surface area contributed by atoms with Crippen LogP contribution < -0.4 is 5.32 Å². The van der Waals surface area contributed by atoms with Crippen molar-refractivity contribution in [2.75, 3.05) is 0 Å². The standard InChI is InChI=1S/C14H16Cl2N2S/c1-3-11-8-18-14(19-11)9(2)17-7-10-5-4-6-12(15)13(10)16/h4-6,8-9,17H,3,7H2,1-2H3. The number of hydrogen-bond donors (Lipinski definition) is 1. The molecule has 0 aliphatic heterocycles. The Hall–Kier alpha value is -0.610. The summed E-state index contributed by atoms with van der Waals surface area (Å²) in [7, 11) is 0. The zero-order valence-electron chi connectivity index (χ0n) is 10.9. The van der Waals surface area contributed by atoms with Gasteiger partial charge in [0.15, 0.2) is 0 Å². The first kappa shape index (κ1) is 14.8. The molecule has 0 fully saturated rings. The third-order valence-corrected chi connectivity index (χ3v) is 5.10. The van der Waals surface area contributed by atoms with Gasteiger partial charge in [0, 0.05) is 17.6 Å². The first-order chi connectivity index (χ1) is 9.11. The Morgan fingerprint density at radius 2 is 2.16 bits per heavy atom. The number of halogens is 2. The SMILES string of the molecule is CCc1cnc(C(C)NCc2cccc(Cl)c2Cl)s1. The van der Waals surface area contributed by atoms with E-state index in [1.807, 2.05) is 18.3 Å². The molecule has 2 rings (SSSR count). The Kier molecular flexibility index (Phi) is 5.22. The van der Waals surface area contributed by atoms with Crippen molar-refractivity contribution in [2.24, 2.45) is 0 Å². The highest BCUT2D eigenvalue weighted by atomic mass is 35.5. The minimum atomic E-state index is 0.209. The van der Waals surface area contributed by atoms with Gasteiger partial charge >= 0.3 is 0 Å². The first-order valence-corrected chi connectivity index (χ1v) is 7.80. The van der Waals surface area contributed by atoms with Crippen LogP contribution in [0.3, 0.4) is 0 Å². The lowest BCUT2D eigenvalue weighted by molar-refractivity contribution is 0.572. The smallest absolute Gasteiger partial charge is 0.109 e. The lowest BCUT2D eigenvalue weighted by atomic mass is 10.2. The minimum Gasteiger partial charge on any atom is -0.304 e. The molecule has 1 heterocycles. The van der Waals surface area contributed by atoms with Gasteiger partial charge in [0.2, 0.25) is 0 Å². The average molecular weight is 315 g/mol. The highest BCUT2D eigenvalue weighted by Gasteiger charge is 2.11. The maximum Gasteiger partial charge on any atom is 0.109 e. The summed E-state index contributed by atoms with van der Waals surface area (Å²) in [6, 6.07) is 5.90. The van der Waals surface area contributed by atoms with Crippen molar-refractivity contribution in [1.29, 1.82) is 0 Å². The second-order valence-electron chi connectivity index (χ2n) is 4.33. The van der Waals surface area contributed by atoms with E-state index in [9.17, 15) is 0 Å². The minimum absolute atomic E-state index is 0.209. The summed E-state index contributed by atoms with van der Waals surface area (Å²) in [6.07, 6.45) is 2.98. The van der Waals surface area contributed by atoms with Gasteiger partial charge < -0.3 is 5.32 Å². The molecule has 1 aromatic heterocycles. The zero-order chi connectivity index (χ0) is 13.8. The molecule has 0 amide bonds. The van der Waals surface area contributed by atoms with Crippen LogP contribution in [0.1, 0.15) is 35.3 Å². The van der Waals surface area contributed by atoms with Crippen molar-refractivity contribution >= 4 is 34.5 Å². The zero-order valence-corrected chi connectivity index (χ0v) is 13.2. The molecule has 1 unspecified atom stereocenters. The van der Waals surface area contributed by atoms with Crippen molar-refractivity contribution in [1.82, 2.24) is 10.3 Å². The molecule has 1 N–H and O–H groups in total. The fourth-order valence-electron chi connectivity index (χ4n) is 1.72. The topological polar surface area (TPSA) is 24.9 Å². The van der Waals surface area contributed by atoms with E-state index < -0.39 is 0 Å². The number of nitrogens with one attached hydrogen (secondary N) is 1. The van der Waals surface area contributed by atoms with E-state index in [2.05, 4.69) is 24.1 Å². The maximum absolute atomic E-state index is 6.16. The summed E-state index contributed by atoms with van der Waals surface area (Å²) in [5.41, 5.74) is 1.01. The molecule has 0 saturated carbocycles. The molecule has 19 heavy (non-hydrogen) atoms. The van der Waals surface area contributed by atoms with Crippen LogP contribution in [0.4, 0.5) is 0 Å². The molecular formula is C14H16Cl2N2S. The van der Waals surface area contributed by atoms with E-state index in [-0.39, 0.29) is 6.04 Å². The summed E-state index contributed by atoms with van der Waals surface area (Å²) in [6.45, 7) is 4.93. The lowest BCUT2D eigenvalue weighted by Gasteiger charge is -2.12. The number of nitrogens with zero attached hydrogens (tertiary/aromatic N) is 1. The molecule has 5 heteroatoms. The van der Waals surface area contributed by atoms with E-state index in [1.165, 1.54) is 4.88 Å². The van der Waals surface area contributed by atoms with Crippen molar-refractivity contribution in [3.8, 4) is 0 Å². The fourth-order valence-corrected chi connectivity index (χ4v) is 2.99. The second kappa shape index (κ2) is 6.71. The van der Waals surface area contributed by atoms with Crippen LogP contribution in [0.2, 0.25) is 10.0 Å². The van der Waals surface area contributed by atoms with E-state index in [1.54, 1.807) is 17.4 Å². The Balaban J connectivity index is 2.00. The third-order valence-electron chi connectivity index (χ3n) is 2.92. The third kappa shape index (κ3) is 3.69. The molecule has 0 bridgehead atoms. The summed E-state index contributed by atoms with van der Waals surface area (Å²) >= 11 is 13.9. The number of benzene rings is 1. The molecule has 102 valence electrons. The number of aryl methyl sites for hydroxylation is 1. The molecule has 0 saturated heterocycles. The number of hydrogen-bond acceptors (Lipinski definition) is 3. The van der Waals surface area contributed by atoms with Crippen LogP contribution in [0.25, 0.3) is 0 Å². The maximum atomic E-state index is 6.16. The quantitative estimate of drug-likeness (QED) is 0.852. The predicted octanol–water partition coefficient (Wildman–Crippen LogP) is 4.86. The van der Waals surface area contributed by atoms with Gasteiger partial charge in [-0.3, -0.25) is 0 Å². The Morgan fingerprint density at radius 3 is 2.84 bits per heavy atom. The van der Waals surface area contributed by atoms with Gasteiger partial charge in [-0.25, -0.2) is 4.98 Å². The average Bonchev–Trinajstić information content (AvgIpc) is 2.89. The van der Waals surface area contributed by atoms with Crippen LogP contribution in [-0.4, -0.2) is 4.98 Å². The number of rotatable bonds is 5. The van der Waals surface area contributed by atoms with Crippen LogP contribution in [-0.2, 0) is 13.0 Å². The Labute approximate surface area is 127 Å². The van der Waals surface area contributed by atoms with Gasteiger partial charge in [-0.2, -0.15) is 0 Å².